The average molecular weight is 228 g/mol. The van der Waals surface area contributed by atoms with Crippen LogP contribution in [0.3, 0.4) is 0 Å². The summed E-state index contributed by atoms with van der Waals surface area (Å²) in [6, 6.07) is 5.11. The minimum Gasteiger partial charge on any atom is -0.493 e. The lowest BCUT2D eigenvalue weighted by molar-refractivity contribution is -0.0512. The molecule has 0 heterocycles. The fourth-order valence-electron chi connectivity index (χ4n) is 1.15. The number of nitrogens with two attached hydrogens (primary N) is 1. The number of ether oxygens (including phenoxy) is 2. The number of rotatable bonds is 4. The normalized spacial score (nSPS) is 12.0. The van der Waals surface area contributed by atoms with Crippen LogP contribution in [-0.2, 0) is 0 Å². The number of nitriles is 1. The van der Waals surface area contributed by atoms with Crippen molar-refractivity contribution in [1.29, 1.82) is 5.26 Å². The first-order chi connectivity index (χ1) is 7.58. The predicted octanol–water partition coefficient (Wildman–Crippen LogP) is 1.82. The van der Waals surface area contributed by atoms with Gasteiger partial charge in [0, 0.05) is 0 Å². The molecule has 0 aliphatic rings. The molecule has 1 unspecified atom stereocenters. The Morgan fingerprint density at radius 2 is 2.06 bits per heavy atom. The Kier molecular flexibility index (Phi) is 4.03. The van der Waals surface area contributed by atoms with E-state index in [2.05, 4.69) is 4.74 Å². The van der Waals surface area contributed by atoms with Gasteiger partial charge in [0.05, 0.1) is 13.2 Å². The Balaban J connectivity index is 3.06. The van der Waals surface area contributed by atoms with Crippen molar-refractivity contribution in [2.45, 2.75) is 12.7 Å². The van der Waals surface area contributed by atoms with Crippen LogP contribution in [0.2, 0.25) is 0 Å². The van der Waals surface area contributed by atoms with Crippen LogP contribution in [0, 0.1) is 11.3 Å². The zero-order valence-electron chi connectivity index (χ0n) is 8.48. The number of hydrogen-bond acceptors (Lipinski definition) is 4. The molecule has 6 heteroatoms. The van der Waals surface area contributed by atoms with E-state index in [1.165, 1.54) is 25.3 Å². The molecule has 2 N–H and O–H groups in total. The summed E-state index contributed by atoms with van der Waals surface area (Å²) >= 11 is 0. The quantitative estimate of drug-likeness (QED) is 0.853. The number of alkyl halides is 2. The molecule has 0 bridgehead atoms. The van der Waals surface area contributed by atoms with Crippen LogP contribution >= 0.6 is 0 Å². The summed E-state index contributed by atoms with van der Waals surface area (Å²) in [5.41, 5.74) is 5.83. The molecule has 0 spiro atoms. The Morgan fingerprint density at radius 3 is 2.56 bits per heavy atom. The first-order valence-electron chi connectivity index (χ1n) is 4.36. The van der Waals surface area contributed by atoms with Gasteiger partial charge in [-0.3, -0.25) is 0 Å². The van der Waals surface area contributed by atoms with Gasteiger partial charge in [-0.15, -0.1) is 0 Å². The SMILES string of the molecule is COc1ccc(C(N)C#N)cc1OC(F)F. The van der Waals surface area contributed by atoms with Gasteiger partial charge < -0.3 is 15.2 Å². The van der Waals surface area contributed by atoms with E-state index in [9.17, 15) is 8.78 Å². The van der Waals surface area contributed by atoms with Gasteiger partial charge in [-0.1, -0.05) is 6.07 Å². The lowest BCUT2D eigenvalue weighted by atomic mass is 10.1. The van der Waals surface area contributed by atoms with Crippen LogP contribution in [0.5, 0.6) is 11.5 Å². The van der Waals surface area contributed by atoms with E-state index >= 15 is 0 Å². The molecule has 1 aromatic rings. The van der Waals surface area contributed by atoms with Gasteiger partial charge in [0.15, 0.2) is 11.5 Å². The van der Waals surface area contributed by atoms with Crippen LogP contribution in [0.1, 0.15) is 11.6 Å². The van der Waals surface area contributed by atoms with E-state index in [-0.39, 0.29) is 11.5 Å². The monoisotopic (exact) mass is 228 g/mol. The minimum absolute atomic E-state index is 0.138. The molecule has 0 fully saturated rings. The summed E-state index contributed by atoms with van der Waals surface area (Å²) in [6.45, 7) is -2.96. The largest absolute Gasteiger partial charge is 0.493 e. The second-order valence-corrected chi connectivity index (χ2v) is 2.90. The molecule has 1 rings (SSSR count). The Bertz CT molecular complexity index is 404. The molecule has 0 aliphatic heterocycles. The van der Waals surface area contributed by atoms with E-state index < -0.39 is 12.7 Å². The van der Waals surface area contributed by atoms with Crippen molar-refractivity contribution in [3.63, 3.8) is 0 Å². The summed E-state index contributed by atoms with van der Waals surface area (Å²) < 4.78 is 33.2. The second-order valence-electron chi connectivity index (χ2n) is 2.90. The van der Waals surface area contributed by atoms with Gasteiger partial charge >= 0.3 is 6.61 Å². The predicted molar refractivity (Wildman–Crippen MR) is 52.2 cm³/mol. The maximum absolute atomic E-state index is 12.1. The van der Waals surface area contributed by atoms with Gasteiger partial charge in [0.25, 0.3) is 0 Å². The third kappa shape index (κ3) is 2.81. The maximum atomic E-state index is 12.1. The van der Waals surface area contributed by atoms with Crippen molar-refractivity contribution in [2.24, 2.45) is 5.73 Å². The molecule has 0 saturated carbocycles. The number of halogens is 2. The van der Waals surface area contributed by atoms with E-state index in [0.717, 1.165) is 0 Å². The number of hydrogen-bond donors (Lipinski definition) is 1. The molecule has 4 nitrogen and oxygen atoms in total. The van der Waals surface area contributed by atoms with E-state index in [4.69, 9.17) is 15.7 Å². The highest BCUT2D eigenvalue weighted by Crippen LogP contribution is 2.30. The van der Waals surface area contributed by atoms with Crippen molar-refractivity contribution in [3.05, 3.63) is 23.8 Å². The third-order valence-corrected chi connectivity index (χ3v) is 1.90. The Hall–Kier alpha value is -1.87. The zero-order chi connectivity index (χ0) is 12.1. The van der Waals surface area contributed by atoms with Crippen LogP contribution in [0.15, 0.2) is 18.2 Å². The van der Waals surface area contributed by atoms with Crippen LogP contribution in [-0.4, -0.2) is 13.7 Å². The summed E-state index contributed by atoms with van der Waals surface area (Å²) in [5.74, 6) is 0.0230. The summed E-state index contributed by atoms with van der Waals surface area (Å²) in [5, 5.41) is 8.59. The molecule has 16 heavy (non-hydrogen) atoms. The van der Waals surface area contributed by atoms with Crippen molar-refractivity contribution in [1.82, 2.24) is 0 Å². The number of benzene rings is 1. The van der Waals surface area contributed by atoms with Crippen LogP contribution < -0.4 is 15.2 Å². The summed E-state index contributed by atoms with van der Waals surface area (Å²) in [6.07, 6.45) is 0. The lowest BCUT2D eigenvalue weighted by Gasteiger charge is -2.12. The highest BCUT2D eigenvalue weighted by atomic mass is 19.3. The molecule has 1 aromatic carbocycles. The van der Waals surface area contributed by atoms with Crippen molar-refractivity contribution < 1.29 is 18.3 Å². The van der Waals surface area contributed by atoms with Gasteiger partial charge in [0.2, 0.25) is 0 Å². The van der Waals surface area contributed by atoms with E-state index in [1.807, 2.05) is 0 Å². The first kappa shape index (κ1) is 12.2. The van der Waals surface area contributed by atoms with Gasteiger partial charge in [-0.2, -0.15) is 14.0 Å². The van der Waals surface area contributed by atoms with Crippen molar-refractivity contribution in [3.8, 4) is 17.6 Å². The molecule has 1 atom stereocenters. The Morgan fingerprint density at radius 1 is 1.38 bits per heavy atom. The molecule has 0 aromatic heterocycles. The fourth-order valence-corrected chi connectivity index (χ4v) is 1.15. The van der Waals surface area contributed by atoms with Gasteiger partial charge in [0.1, 0.15) is 6.04 Å². The lowest BCUT2D eigenvalue weighted by Crippen LogP contribution is -2.09. The topological polar surface area (TPSA) is 68.3 Å². The van der Waals surface area contributed by atoms with Crippen LogP contribution in [0.4, 0.5) is 8.78 Å². The molecule has 86 valence electrons. The zero-order valence-corrected chi connectivity index (χ0v) is 8.48. The summed E-state index contributed by atoms with van der Waals surface area (Å²) in [4.78, 5) is 0. The van der Waals surface area contributed by atoms with E-state index in [1.54, 1.807) is 6.07 Å². The van der Waals surface area contributed by atoms with E-state index in [0.29, 0.717) is 5.56 Å². The molecular formula is C10H10F2N2O2. The average Bonchev–Trinajstić information content (AvgIpc) is 2.27. The molecule has 0 aliphatic carbocycles. The fraction of sp³-hybridized carbons (Fsp3) is 0.300. The van der Waals surface area contributed by atoms with Crippen molar-refractivity contribution >= 4 is 0 Å². The minimum atomic E-state index is -2.96. The second kappa shape index (κ2) is 5.28. The van der Waals surface area contributed by atoms with Crippen LogP contribution in [0.25, 0.3) is 0 Å². The summed E-state index contributed by atoms with van der Waals surface area (Å²) in [7, 11) is 1.33. The third-order valence-electron chi connectivity index (χ3n) is 1.90. The number of methoxy groups -OCH3 is 1. The Labute approximate surface area is 91.2 Å². The first-order valence-corrected chi connectivity index (χ1v) is 4.36. The molecule has 0 amide bonds. The van der Waals surface area contributed by atoms with Gasteiger partial charge in [-0.25, -0.2) is 0 Å². The van der Waals surface area contributed by atoms with Gasteiger partial charge in [-0.05, 0) is 17.7 Å². The van der Waals surface area contributed by atoms with Crippen molar-refractivity contribution in [2.75, 3.05) is 7.11 Å². The highest BCUT2D eigenvalue weighted by molar-refractivity contribution is 5.44. The standard InChI is InChI=1S/C10H10F2N2O2/c1-15-8-3-2-6(7(14)5-13)4-9(8)16-10(11)12/h2-4,7,10H,14H2,1H3. The molecular weight excluding hydrogens is 218 g/mol. The molecule has 0 saturated heterocycles. The number of nitrogens with zero attached hydrogens (tertiary/aromatic N) is 1. The highest BCUT2D eigenvalue weighted by Gasteiger charge is 2.13. The maximum Gasteiger partial charge on any atom is 0.387 e. The smallest absolute Gasteiger partial charge is 0.387 e. The molecule has 0 radical (unpaired) electrons.